The van der Waals surface area contributed by atoms with Crippen molar-refractivity contribution in [3.05, 3.63) is 52.6 Å². The minimum absolute atomic E-state index is 0.273. The van der Waals surface area contributed by atoms with E-state index >= 15 is 0 Å². The standard InChI is InChI=1S/C12H10F3N3O/c1-16-10-5-4-8(7-17-10)18-6-2-3-9(11(18)19)12(13,14)15/h2-7H,1H3,(H,16,17). The summed E-state index contributed by atoms with van der Waals surface area (Å²) in [5, 5.41) is 2.78. The Kier molecular flexibility index (Phi) is 3.28. The fourth-order valence-electron chi connectivity index (χ4n) is 1.59. The fraction of sp³-hybridized carbons (Fsp3) is 0.167. The van der Waals surface area contributed by atoms with Gasteiger partial charge in [0.05, 0.1) is 11.9 Å². The molecule has 1 N–H and O–H groups in total. The highest BCUT2D eigenvalue weighted by atomic mass is 19.4. The molecule has 0 bridgehead atoms. The average molecular weight is 269 g/mol. The zero-order valence-corrected chi connectivity index (χ0v) is 9.90. The quantitative estimate of drug-likeness (QED) is 0.910. The number of alkyl halides is 3. The second kappa shape index (κ2) is 4.75. The highest BCUT2D eigenvalue weighted by Gasteiger charge is 2.34. The minimum atomic E-state index is -4.67. The molecule has 0 aliphatic rings. The molecule has 2 heterocycles. The molecule has 0 amide bonds. The molecule has 0 atom stereocenters. The minimum Gasteiger partial charge on any atom is -0.373 e. The molecule has 0 saturated heterocycles. The van der Waals surface area contributed by atoms with Gasteiger partial charge in [0, 0.05) is 13.2 Å². The molecule has 0 saturated carbocycles. The van der Waals surface area contributed by atoms with Gasteiger partial charge in [-0.3, -0.25) is 9.36 Å². The van der Waals surface area contributed by atoms with Gasteiger partial charge in [0.15, 0.2) is 0 Å². The van der Waals surface area contributed by atoms with E-state index in [1.807, 2.05) is 0 Å². The van der Waals surface area contributed by atoms with E-state index in [1.54, 1.807) is 13.1 Å². The van der Waals surface area contributed by atoms with E-state index in [4.69, 9.17) is 0 Å². The molecule has 2 aromatic rings. The van der Waals surface area contributed by atoms with Crippen LogP contribution < -0.4 is 10.9 Å². The van der Waals surface area contributed by atoms with Crippen molar-refractivity contribution < 1.29 is 13.2 Å². The summed E-state index contributed by atoms with van der Waals surface area (Å²) < 4.78 is 38.8. The monoisotopic (exact) mass is 269 g/mol. The number of rotatable bonds is 2. The lowest BCUT2D eigenvalue weighted by atomic mass is 10.2. The summed E-state index contributed by atoms with van der Waals surface area (Å²) in [6.07, 6.45) is -2.07. The molecular weight excluding hydrogens is 259 g/mol. The van der Waals surface area contributed by atoms with Crippen LogP contribution in [0.15, 0.2) is 41.5 Å². The van der Waals surface area contributed by atoms with Crippen molar-refractivity contribution in [3.63, 3.8) is 0 Å². The third-order valence-electron chi connectivity index (χ3n) is 2.53. The predicted octanol–water partition coefficient (Wildman–Crippen LogP) is 2.29. The van der Waals surface area contributed by atoms with Crippen molar-refractivity contribution in [3.8, 4) is 5.69 Å². The smallest absolute Gasteiger partial charge is 0.373 e. The van der Waals surface area contributed by atoms with Crippen LogP contribution in [0.5, 0.6) is 0 Å². The largest absolute Gasteiger partial charge is 0.421 e. The maximum absolute atomic E-state index is 12.6. The third-order valence-corrected chi connectivity index (χ3v) is 2.53. The average Bonchev–Trinajstić information content (AvgIpc) is 2.38. The van der Waals surface area contributed by atoms with Crippen LogP contribution in [0.1, 0.15) is 5.56 Å². The van der Waals surface area contributed by atoms with E-state index < -0.39 is 17.3 Å². The summed E-state index contributed by atoms with van der Waals surface area (Å²) in [5.41, 5.74) is -2.04. The van der Waals surface area contributed by atoms with Gasteiger partial charge in [0.2, 0.25) is 0 Å². The van der Waals surface area contributed by atoms with Gasteiger partial charge >= 0.3 is 6.18 Å². The van der Waals surface area contributed by atoms with Crippen molar-refractivity contribution in [2.24, 2.45) is 0 Å². The van der Waals surface area contributed by atoms with E-state index in [0.29, 0.717) is 5.82 Å². The Morgan fingerprint density at radius 1 is 1.26 bits per heavy atom. The van der Waals surface area contributed by atoms with Gasteiger partial charge < -0.3 is 5.32 Å². The van der Waals surface area contributed by atoms with Crippen LogP contribution in [-0.2, 0) is 6.18 Å². The number of anilines is 1. The summed E-state index contributed by atoms with van der Waals surface area (Å²) >= 11 is 0. The van der Waals surface area contributed by atoms with Gasteiger partial charge in [0.1, 0.15) is 11.4 Å². The molecule has 0 aliphatic heterocycles. The van der Waals surface area contributed by atoms with Gasteiger partial charge in [-0.15, -0.1) is 0 Å². The van der Waals surface area contributed by atoms with Crippen LogP contribution in [0.4, 0.5) is 19.0 Å². The summed E-state index contributed by atoms with van der Waals surface area (Å²) in [5.74, 6) is 0.559. The molecule has 4 nitrogen and oxygen atoms in total. The Labute approximate surface area is 106 Å². The summed E-state index contributed by atoms with van der Waals surface area (Å²) in [7, 11) is 1.67. The van der Waals surface area contributed by atoms with E-state index in [2.05, 4.69) is 10.3 Å². The predicted molar refractivity (Wildman–Crippen MR) is 64.4 cm³/mol. The summed E-state index contributed by atoms with van der Waals surface area (Å²) in [6, 6.07) is 5.02. The molecule has 0 fully saturated rings. The zero-order valence-electron chi connectivity index (χ0n) is 9.90. The van der Waals surface area contributed by atoms with Crippen LogP contribution in [-0.4, -0.2) is 16.6 Å². The molecular formula is C12H10F3N3O. The van der Waals surface area contributed by atoms with Crippen molar-refractivity contribution >= 4 is 5.82 Å². The van der Waals surface area contributed by atoms with Gasteiger partial charge in [-0.05, 0) is 24.3 Å². The number of aromatic nitrogens is 2. The highest BCUT2D eigenvalue weighted by molar-refractivity contribution is 5.40. The lowest BCUT2D eigenvalue weighted by molar-refractivity contribution is -0.138. The molecule has 0 unspecified atom stereocenters. The van der Waals surface area contributed by atoms with E-state index in [0.717, 1.165) is 10.6 Å². The molecule has 0 aromatic carbocycles. The molecule has 2 rings (SSSR count). The van der Waals surface area contributed by atoms with Crippen molar-refractivity contribution in [2.75, 3.05) is 12.4 Å². The van der Waals surface area contributed by atoms with E-state index in [9.17, 15) is 18.0 Å². The van der Waals surface area contributed by atoms with Crippen molar-refractivity contribution in [1.29, 1.82) is 0 Å². The van der Waals surface area contributed by atoms with Gasteiger partial charge in [-0.1, -0.05) is 0 Å². The van der Waals surface area contributed by atoms with Gasteiger partial charge in [-0.2, -0.15) is 13.2 Å². The number of nitrogens with zero attached hydrogens (tertiary/aromatic N) is 2. The number of hydrogen-bond donors (Lipinski definition) is 1. The second-order valence-electron chi connectivity index (χ2n) is 3.75. The fourth-order valence-corrected chi connectivity index (χ4v) is 1.59. The third kappa shape index (κ3) is 2.59. The Hall–Kier alpha value is -2.31. The van der Waals surface area contributed by atoms with E-state index in [1.165, 1.54) is 24.5 Å². The maximum Gasteiger partial charge on any atom is 0.421 e. The lowest BCUT2D eigenvalue weighted by Gasteiger charge is -2.10. The Morgan fingerprint density at radius 3 is 2.53 bits per heavy atom. The number of halogens is 3. The molecule has 0 radical (unpaired) electrons. The number of nitrogens with one attached hydrogen (secondary N) is 1. The lowest BCUT2D eigenvalue weighted by Crippen LogP contribution is -2.26. The number of hydrogen-bond acceptors (Lipinski definition) is 3. The van der Waals surface area contributed by atoms with Crippen molar-refractivity contribution in [1.82, 2.24) is 9.55 Å². The molecule has 0 aliphatic carbocycles. The van der Waals surface area contributed by atoms with Gasteiger partial charge in [-0.25, -0.2) is 4.98 Å². The molecule has 7 heteroatoms. The molecule has 100 valence electrons. The van der Waals surface area contributed by atoms with Crippen LogP contribution in [0.3, 0.4) is 0 Å². The molecule has 0 spiro atoms. The van der Waals surface area contributed by atoms with Crippen LogP contribution in [0.25, 0.3) is 5.69 Å². The summed E-state index contributed by atoms with van der Waals surface area (Å²) in [4.78, 5) is 15.7. The Bertz CT molecular complexity index is 632. The molecule has 19 heavy (non-hydrogen) atoms. The first kappa shape index (κ1) is 13.1. The first-order valence-corrected chi connectivity index (χ1v) is 5.36. The topological polar surface area (TPSA) is 46.9 Å². The second-order valence-corrected chi connectivity index (χ2v) is 3.75. The first-order chi connectivity index (χ1) is 8.93. The maximum atomic E-state index is 12.6. The van der Waals surface area contributed by atoms with Crippen molar-refractivity contribution in [2.45, 2.75) is 6.18 Å². The molecule has 2 aromatic heterocycles. The SMILES string of the molecule is CNc1ccc(-n2cccc(C(F)(F)F)c2=O)cn1. The van der Waals surface area contributed by atoms with E-state index in [-0.39, 0.29) is 5.69 Å². The normalized spacial score (nSPS) is 11.4. The van der Waals surface area contributed by atoms with Crippen LogP contribution in [0, 0.1) is 0 Å². The number of pyridine rings is 2. The van der Waals surface area contributed by atoms with Gasteiger partial charge in [0.25, 0.3) is 5.56 Å². The van der Waals surface area contributed by atoms with Crippen LogP contribution >= 0.6 is 0 Å². The summed E-state index contributed by atoms with van der Waals surface area (Å²) in [6.45, 7) is 0. The Balaban J connectivity index is 2.54. The highest BCUT2D eigenvalue weighted by Crippen LogP contribution is 2.26. The van der Waals surface area contributed by atoms with Crippen LogP contribution in [0.2, 0.25) is 0 Å². The first-order valence-electron chi connectivity index (χ1n) is 5.36. The zero-order chi connectivity index (χ0) is 14.0. The Morgan fingerprint density at radius 2 is 2.00 bits per heavy atom.